The first kappa shape index (κ1) is 10.8. The van der Waals surface area contributed by atoms with Crippen molar-refractivity contribution < 1.29 is 4.79 Å². The molecule has 0 aromatic carbocycles. The first-order chi connectivity index (χ1) is 7.70. The number of carbonyl (C=O) groups is 1. The summed E-state index contributed by atoms with van der Waals surface area (Å²) in [7, 11) is 0. The van der Waals surface area contributed by atoms with Crippen molar-refractivity contribution in [3.63, 3.8) is 0 Å². The van der Waals surface area contributed by atoms with Gasteiger partial charge in [0.25, 0.3) is 5.91 Å². The van der Waals surface area contributed by atoms with Gasteiger partial charge < -0.3 is 10.7 Å². The Morgan fingerprint density at radius 3 is 2.94 bits per heavy atom. The molecule has 6 heteroatoms. The van der Waals surface area contributed by atoms with Crippen LogP contribution in [0.5, 0.6) is 0 Å². The predicted molar refractivity (Wildman–Crippen MR) is 59.5 cm³/mol. The number of anilines is 1. The lowest BCUT2D eigenvalue weighted by Crippen LogP contribution is -2.34. The van der Waals surface area contributed by atoms with Gasteiger partial charge in [0.2, 0.25) is 0 Å². The predicted octanol–water partition coefficient (Wildman–Crippen LogP) is 0.290. The summed E-state index contributed by atoms with van der Waals surface area (Å²) in [4.78, 5) is 19.7. The van der Waals surface area contributed by atoms with Crippen LogP contribution < -0.4 is 16.6 Å². The quantitative estimate of drug-likeness (QED) is 0.502. The summed E-state index contributed by atoms with van der Waals surface area (Å²) in [5.41, 5.74) is 2.64. The van der Waals surface area contributed by atoms with E-state index in [4.69, 9.17) is 5.84 Å². The molecule has 1 saturated carbocycles. The standard InChI is InChI=1S/C10H15N5O/c1-6(7-2-3-7)13-10(16)8-4-12-5-9(14-8)15-11/h4-7H,2-3,11H2,1H3,(H,13,16)(H,14,15). The van der Waals surface area contributed by atoms with E-state index in [9.17, 15) is 4.79 Å². The van der Waals surface area contributed by atoms with Crippen LogP contribution in [0.25, 0.3) is 0 Å². The number of amides is 1. The summed E-state index contributed by atoms with van der Waals surface area (Å²) in [5, 5.41) is 2.90. The Labute approximate surface area is 93.6 Å². The largest absolute Gasteiger partial charge is 0.348 e. The van der Waals surface area contributed by atoms with E-state index in [1.54, 1.807) is 0 Å². The maximum Gasteiger partial charge on any atom is 0.271 e. The fourth-order valence-electron chi connectivity index (χ4n) is 1.54. The molecule has 0 spiro atoms. The number of aromatic nitrogens is 2. The lowest BCUT2D eigenvalue weighted by atomic mass is 10.2. The molecule has 2 rings (SSSR count). The highest BCUT2D eigenvalue weighted by molar-refractivity contribution is 5.92. The Morgan fingerprint density at radius 2 is 2.31 bits per heavy atom. The second-order valence-electron chi connectivity index (χ2n) is 4.03. The average Bonchev–Trinajstić information content (AvgIpc) is 3.13. The average molecular weight is 221 g/mol. The molecule has 1 amide bonds. The molecule has 4 N–H and O–H groups in total. The highest BCUT2D eigenvalue weighted by Gasteiger charge is 2.29. The molecule has 1 atom stereocenters. The van der Waals surface area contributed by atoms with E-state index in [0.717, 1.165) is 0 Å². The number of carbonyl (C=O) groups excluding carboxylic acids is 1. The van der Waals surface area contributed by atoms with Crippen LogP contribution in [0.4, 0.5) is 5.82 Å². The van der Waals surface area contributed by atoms with Crippen LogP contribution >= 0.6 is 0 Å². The summed E-state index contributed by atoms with van der Waals surface area (Å²) >= 11 is 0. The van der Waals surface area contributed by atoms with Crippen molar-refractivity contribution >= 4 is 11.7 Å². The number of nitrogens with zero attached hydrogens (tertiary/aromatic N) is 2. The van der Waals surface area contributed by atoms with Crippen molar-refractivity contribution in [2.45, 2.75) is 25.8 Å². The second kappa shape index (κ2) is 4.44. The normalized spacial score (nSPS) is 16.6. The lowest BCUT2D eigenvalue weighted by molar-refractivity contribution is 0.0930. The zero-order valence-electron chi connectivity index (χ0n) is 9.10. The number of hydrazine groups is 1. The van der Waals surface area contributed by atoms with Crippen molar-refractivity contribution in [2.24, 2.45) is 11.8 Å². The van der Waals surface area contributed by atoms with Crippen molar-refractivity contribution in [2.75, 3.05) is 5.43 Å². The van der Waals surface area contributed by atoms with Crippen LogP contribution in [0, 0.1) is 5.92 Å². The molecule has 1 aliphatic rings. The minimum absolute atomic E-state index is 0.198. The zero-order valence-corrected chi connectivity index (χ0v) is 9.10. The monoisotopic (exact) mass is 221 g/mol. The Balaban J connectivity index is 2.01. The van der Waals surface area contributed by atoms with Crippen molar-refractivity contribution in [1.82, 2.24) is 15.3 Å². The van der Waals surface area contributed by atoms with Crippen molar-refractivity contribution in [3.8, 4) is 0 Å². The van der Waals surface area contributed by atoms with E-state index >= 15 is 0 Å². The molecule has 0 radical (unpaired) electrons. The Kier molecular flexibility index (Phi) is 3.00. The van der Waals surface area contributed by atoms with Gasteiger partial charge >= 0.3 is 0 Å². The molecule has 6 nitrogen and oxygen atoms in total. The van der Waals surface area contributed by atoms with Crippen LogP contribution in [0.15, 0.2) is 12.4 Å². The first-order valence-electron chi connectivity index (χ1n) is 5.30. The molecule has 1 fully saturated rings. The minimum Gasteiger partial charge on any atom is -0.348 e. The van der Waals surface area contributed by atoms with Gasteiger partial charge in [-0.2, -0.15) is 0 Å². The van der Waals surface area contributed by atoms with Gasteiger partial charge in [-0.05, 0) is 25.7 Å². The van der Waals surface area contributed by atoms with Crippen molar-refractivity contribution in [3.05, 3.63) is 18.1 Å². The maximum atomic E-state index is 11.8. The summed E-state index contributed by atoms with van der Waals surface area (Å²) in [6, 6.07) is 0.198. The van der Waals surface area contributed by atoms with Gasteiger partial charge in [-0.3, -0.25) is 9.78 Å². The van der Waals surface area contributed by atoms with E-state index in [-0.39, 0.29) is 17.6 Å². The number of nitrogens with two attached hydrogens (primary N) is 1. The van der Waals surface area contributed by atoms with Crippen molar-refractivity contribution in [1.29, 1.82) is 0 Å². The Hall–Kier alpha value is -1.69. The van der Waals surface area contributed by atoms with E-state index < -0.39 is 0 Å². The third-order valence-corrected chi connectivity index (χ3v) is 2.70. The van der Waals surface area contributed by atoms with Crippen LogP contribution in [0.3, 0.4) is 0 Å². The molecule has 86 valence electrons. The lowest BCUT2D eigenvalue weighted by Gasteiger charge is -2.12. The number of nitrogen functional groups attached to an aromatic ring is 1. The molecular weight excluding hydrogens is 206 g/mol. The summed E-state index contributed by atoms with van der Waals surface area (Å²) < 4.78 is 0. The fourth-order valence-corrected chi connectivity index (χ4v) is 1.54. The topological polar surface area (TPSA) is 92.9 Å². The van der Waals surface area contributed by atoms with Gasteiger partial charge in [-0.1, -0.05) is 0 Å². The van der Waals surface area contributed by atoms with Crippen LogP contribution in [0.2, 0.25) is 0 Å². The molecule has 1 heterocycles. The second-order valence-corrected chi connectivity index (χ2v) is 4.03. The zero-order chi connectivity index (χ0) is 11.5. The molecule has 0 bridgehead atoms. The Bertz CT molecular complexity index is 391. The van der Waals surface area contributed by atoms with E-state index in [1.165, 1.54) is 25.2 Å². The van der Waals surface area contributed by atoms with E-state index in [1.807, 2.05) is 6.92 Å². The Morgan fingerprint density at radius 1 is 1.56 bits per heavy atom. The number of rotatable bonds is 4. The third-order valence-electron chi connectivity index (χ3n) is 2.70. The highest BCUT2D eigenvalue weighted by Crippen LogP contribution is 2.32. The molecule has 1 aromatic rings. The van der Waals surface area contributed by atoms with Gasteiger partial charge in [-0.15, -0.1) is 0 Å². The van der Waals surface area contributed by atoms with Crippen LogP contribution in [-0.4, -0.2) is 21.9 Å². The van der Waals surface area contributed by atoms with Gasteiger partial charge in [0.1, 0.15) is 5.69 Å². The molecule has 1 aliphatic carbocycles. The third kappa shape index (κ3) is 2.46. The SMILES string of the molecule is CC(NC(=O)c1cncc(NN)n1)C1CC1. The van der Waals surface area contributed by atoms with Gasteiger partial charge in [0.15, 0.2) is 5.82 Å². The molecule has 1 aromatic heterocycles. The molecule has 16 heavy (non-hydrogen) atoms. The number of hydrogen-bond acceptors (Lipinski definition) is 5. The highest BCUT2D eigenvalue weighted by atomic mass is 16.1. The first-order valence-corrected chi connectivity index (χ1v) is 5.30. The van der Waals surface area contributed by atoms with Gasteiger partial charge in [0.05, 0.1) is 12.4 Å². The smallest absolute Gasteiger partial charge is 0.271 e. The molecule has 0 aliphatic heterocycles. The minimum atomic E-state index is -0.205. The van der Waals surface area contributed by atoms with E-state index in [0.29, 0.717) is 11.7 Å². The van der Waals surface area contributed by atoms with Crippen LogP contribution in [0.1, 0.15) is 30.3 Å². The maximum absolute atomic E-state index is 11.8. The summed E-state index contributed by atoms with van der Waals surface area (Å²) in [5.74, 6) is 5.99. The fraction of sp³-hybridized carbons (Fsp3) is 0.500. The molecule has 1 unspecified atom stereocenters. The van der Waals surface area contributed by atoms with E-state index in [2.05, 4.69) is 20.7 Å². The van der Waals surface area contributed by atoms with Gasteiger partial charge in [0, 0.05) is 6.04 Å². The van der Waals surface area contributed by atoms with Gasteiger partial charge in [-0.25, -0.2) is 10.8 Å². The molecular formula is C10H15N5O. The summed E-state index contributed by atoms with van der Waals surface area (Å²) in [6.07, 6.45) is 5.27. The number of nitrogens with one attached hydrogen (secondary N) is 2. The number of hydrogen-bond donors (Lipinski definition) is 3. The molecule has 0 saturated heterocycles. The van der Waals surface area contributed by atoms with Crippen LogP contribution in [-0.2, 0) is 0 Å². The summed E-state index contributed by atoms with van der Waals surface area (Å²) in [6.45, 7) is 2.01.